The number of hydrogen-bond acceptors (Lipinski definition) is 4. The van der Waals surface area contributed by atoms with Gasteiger partial charge in [0.1, 0.15) is 6.10 Å². The standard InChI is InChI=1S/C12H24O4/c1-9(2)6-14-7-10(3)15-8-11(4)16-12(5)13/h9-11H,6-8H2,1-5H3. The average molecular weight is 232 g/mol. The molecule has 0 amide bonds. The van der Waals surface area contributed by atoms with Crippen molar-refractivity contribution in [3.63, 3.8) is 0 Å². The summed E-state index contributed by atoms with van der Waals surface area (Å²) in [7, 11) is 0. The lowest BCUT2D eigenvalue weighted by Crippen LogP contribution is -2.25. The third kappa shape index (κ3) is 9.93. The number of carbonyl (C=O) groups is 1. The molecule has 0 bridgehead atoms. The van der Waals surface area contributed by atoms with Crippen LogP contribution in [0.3, 0.4) is 0 Å². The van der Waals surface area contributed by atoms with Crippen molar-refractivity contribution in [2.24, 2.45) is 5.92 Å². The fourth-order valence-corrected chi connectivity index (χ4v) is 1.13. The van der Waals surface area contributed by atoms with Crippen molar-refractivity contribution < 1.29 is 19.0 Å². The molecule has 0 aliphatic carbocycles. The summed E-state index contributed by atoms with van der Waals surface area (Å²) in [6, 6.07) is 0. The molecule has 0 aliphatic rings. The van der Waals surface area contributed by atoms with E-state index in [9.17, 15) is 4.79 Å². The lowest BCUT2D eigenvalue weighted by Gasteiger charge is -2.17. The first-order valence-electron chi connectivity index (χ1n) is 5.78. The molecule has 0 spiro atoms. The molecular formula is C12H24O4. The van der Waals surface area contributed by atoms with Crippen molar-refractivity contribution in [1.29, 1.82) is 0 Å². The Bertz CT molecular complexity index is 191. The van der Waals surface area contributed by atoms with Crippen molar-refractivity contribution >= 4 is 5.97 Å². The van der Waals surface area contributed by atoms with E-state index >= 15 is 0 Å². The highest BCUT2D eigenvalue weighted by molar-refractivity contribution is 5.66. The molecule has 2 unspecified atom stereocenters. The molecule has 0 aromatic heterocycles. The summed E-state index contributed by atoms with van der Waals surface area (Å²) < 4.78 is 15.9. The van der Waals surface area contributed by atoms with E-state index in [0.29, 0.717) is 19.1 Å². The second kappa shape index (κ2) is 8.53. The smallest absolute Gasteiger partial charge is 0.302 e. The van der Waals surface area contributed by atoms with Gasteiger partial charge in [0, 0.05) is 13.5 Å². The molecule has 0 aliphatic heterocycles. The van der Waals surface area contributed by atoms with Gasteiger partial charge in [-0.1, -0.05) is 13.8 Å². The summed E-state index contributed by atoms with van der Waals surface area (Å²) in [6.45, 7) is 11.1. The van der Waals surface area contributed by atoms with Gasteiger partial charge < -0.3 is 14.2 Å². The van der Waals surface area contributed by atoms with Crippen LogP contribution < -0.4 is 0 Å². The first kappa shape index (κ1) is 15.4. The Hall–Kier alpha value is -0.610. The Balaban J connectivity index is 3.49. The molecule has 0 N–H and O–H groups in total. The molecule has 4 heteroatoms. The van der Waals surface area contributed by atoms with Crippen LogP contribution in [0, 0.1) is 5.92 Å². The van der Waals surface area contributed by atoms with Crippen molar-refractivity contribution in [2.75, 3.05) is 19.8 Å². The molecule has 0 fully saturated rings. The number of esters is 1. The van der Waals surface area contributed by atoms with Gasteiger partial charge in [-0.25, -0.2) is 0 Å². The van der Waals surface area contributed by atoms with Gasteiger partial charge in [0.15, 0.2) is 0 Å². The lowest BCUT2D eigenvalue weighted by molar-refractivity contribution is -0.149. The quantitative estimate of drug-likeness (QED) is 0.601. The van der Waals surface area contributed by atoms with Crippen LogP contribution in [-0.2, 0) is 19.0 Å². The van der Waals surface area contributed by atoms with Crippen LogP contribution in [0.1, 0.15) is 34.6 Å². The van der Waals surface area contributed by atoms with E-state index in [2.05, 4.69) is 13.8 Å². The third-order valence-electron chi connectivity index (χ3n) is 1.79. The van der Waals surface area contributed by atoms with Gasteiger partial charge in [-0.3, -0.25) is 4.79 Å². The van der Waals surface area contributed by atoms with Crippen molar-refractivity contribution in [1.82, 2.24) is 0 Å². The Labute approximate surface area is 98.3 Å². The molecule has 2 atom stereocenters. The highest BCUT2D eigenvalue weighted by Crippen LogP contribution is 1.99. The van der Waals surface area contributed by atoms with E-state index in [1.807, 2.05) is 13.8 Å². The molecule has 0 radical (unpaired) electrons. The van der Waals surface area contributed by atoms with Gasteiger partial charge in [0.05, 0.1) is 19.3 Å². The normalized spacial score (nSPS) is 14.9. The molecule has 0 aromatic rings. The summed E-state index contributed by atoms with van der Waals surface area (Å²) in [5.41, 5.74) is 0. The Kier molecular flexibility index (Phi) is 8.21. The number of carbonyl (C=O) groups excluding carboxylic acids is 1. The van der Waals surface area contributed by atoms with Gasteiger partial charge >= 0.3 is 5.97 Å². The fraction of sp³-hybridized carbons (Fsp3) is 0.917. The molecule has 0 rings (SSSR count). The summed E-state index contributed by atoms with van der Waals surface area (Å²) >= 11 is 0. The molecule has 16 heavy (non-hydrogen) atoms. The van der Waals surface area contributed by atoms with E-state index in [1.165, 1.54) is 6.92 Å². The maximum absolute atomic E-state index is 10.6. The van der Waals surface area contributed by atoms with Crippen LogP contribution in [0.15, 0.2) is 0 Å². The Morgan fingerprint density at radius 3 is 2.12 bits per heavy atom. The van der Waals surface area contributed by atoms with Gasteiger partial charge in [0.25, 0.3) is 0 Å². The highest BCUT2D eigenvalue weighted by Gasteiger charge is 2.09. The Morgan fingerprint density at radius 2 is 1.62 bits per heavy atom. The van der Waals surface area contributed by atoms with Gasteiger partial charge in [-0.2, -0.15) is 0 Å². The zero-order chi connectivity index (χ0) is 12.6. The molecular weight excluding hydrogens is 208 g/mol. The number of ether oxygens (including phenoxy) is 3. The zero-order valence-electron chi connectivity index (χ0n) is 11.0. The summed E-state index contributed by atoms with van der Waals surface area (Å²) in [4.78, 5) is 10.6. The number of hydrogen-bond donors (Lipinski definition) is 0. The van der Waals surface area contributed by atoms with E-state index in [-0.39, 0.29) is 18.2 Å². The van der Waals surface area contributed by atoms with Crippen LogP contribution in [0.25, 0.3) is 0 Å². The van der Waals surface area contributed by atoms with Crippen LogP contribution in [-0.4, -0.2) is 38.0 Å². The minimum absolute atomic E-state index is 0.0248. The van der Waals surface area contributed by atoms with Crippen LogP contribution >= 0.6 is 0 Å². The molecule has 0 aromatic carbocycles. The Morgan fingerprint density at radius 1 is 1.00 bits per heavy atom. The summed E-state index contributed by atoms with van der Waals surface area (Å²) in [6.07, 6.45) is -0.179. The van der Waals surface area contributed by atoms with Crippen molar-refractivity contribution in [2.45, 2.75) is 46.8 Å². The molecule has 4 nitrogen and oxygen atoms in total. The predicted octanol–water partition coefficient (Wildman–Crippen LogP) is 2.02. The van der Waals surface area contributed by atoms with Gasteiger partial charge in [-0.15, -0.1) is 0 Å². The van der Waals surface area contributed by atoms with E-state index in [0.717, 1.165) is 6.61 Å². The highest BCUT2D eigenvalue weighted by atomic mass is 16.6. The van der Waals surface area contributed by atoms with Crippen molar-refractivity contribution in [3.8, 4) is 0 Å². The SMILES string of the molecule is CC(=O)OC(C)COC(C)COCC(C)C. The van der Waals surface area contributed by atoms with E-state index in [4.69, 9.17) is 14.2 Å². The first-order valence-corrected chi connectivity index (χ1v) is 5.78. The lowest BCUT2D eigenvalue weighted by atomic mass is 10.2. The molecule has 0 heterocycles. The largest absolute Gasteiger partial charge is 0.460 e. The van der Waals surface area contributed by atoms with Gasteiger partial charge in [-0.05, 0) is 19.8 Å². The summed E-state index contributed by atoms with van der Waals surface area (Å²) in [5, 5.41) is 0. The van der Waals surface area contributed by atoms with E-state index in [1.54, 1.807) is 0 Å². The minimum Gasteiger partial charge on any atom is -0.460 e. The van der Waals surface area contributed by atoms with Crippen LogP contribution in [0.5, 0.6) is 0 Å². The second-order valence-electron chi connectivity index (χ2n) is 4.50. The maximum Gasteiger partial charge on any atom is 0.302 e. The van der Waals surface area contributed by atoms with Crippen LogP contribution in [0.2, 0.25) is 0 Å². The first-order chi connectivity index (χ1) is 7.41. The van der Waals surface area contributed by atoms with Crippen LogP contribution in [0.4, 0.5) is 0 Å². The van der Waals surface area contributed by atoms with Crippen molar-refractivity contribution in [3.05, 3.63) is 0 Å². The maximum atomic E-state index is 10.6. The monoisotopic (exact) mass is 232 g/mol. The molecule has 0 saturated heterocycles. The molecule has 96 valence electrons. The second-order valence-corrected chi connectivity index (χ2v) is 4.50. The molecule has 0 saturated carbocycles. The predicted molar refractivity (Wildman–Crippen MR) is 62.3 cm³/mol. The fourth-order valence-electron chi connectivity index (χ4n) is 1.13. The third-order valence-corrected chi connectivity index (χ3v) is 1.79. The topological polar surface area (TPSA) is 44.8 Å². The zero-order valence-corrected chi connectivity index (χ0v) is 11.0. The minimum atomic E-state index is -0.278. The number of rotatable bonds is 8. The van der Waals surface area contributed by atoms with E-state index < -0.39 is 0 Å². The average Bonchev–Trinajstić information content (AvgIpc) is 2.13. The summed E-state index contributed by atoms with van der Waals surface area (Å²) in [5.74, 6) is 0.256. The van der Waals surface area contributed by atoms with Gasteiger partial charge in [0.2, 0.25) is 0 Å².